The van der Waals surface area contributed by atoms with Crippen LogP contribution in [-0.4, -0.2) is 67.3 Å². The minimum Gasteiger partial charge on any atom is -0.377 e. The number of hydrogen-bond acceptors (Lipinski definition) is 4. The fourth-order valence-electron chi connectivity index (χ4n) is 3.83. The van der Waals surface area contributed by atoms with Crippen molar-refractivity contribution in [2.24, 2.45) is 5.73 Å². The zero-order valence-corrected chi connectivity index (χ0v) is 12.9. The standard InChI is InChI=1S/C15H31N3O/c1-4-18-9-5-7-15(12-16,8-10-18)17(3)14-6-11-19-13(14)2/h13-14H,4-12,16H2,1-3H3. The third-order valence-electron chi connectivity index (χ3n) is 5.42. The van der Waals surface area contributed by atoms with Crippen LogP contribution in [0.5, 0.6) is 0 Å². The summed E-state index contributed by atoms with van der Waals surface area (Å²) in [7, 11) is 2.27. The van der Waals surface area contributed by atoms with Crippen molar-refractivity contribution in [2.45, 2.75) is 57.2 Å². The van der Waals surface area contributed by atoms with E-state index in [-0.39, 0.29) is 5.54 Å². The van der Waals surface area contributed by atoms with Gasteiger partial charge >= 0.3 is 0 Å². The Balaban J connectivity index is 2.08. The quantitative estimate of drug-likeness (QED) is 0.835. The van der Waals surface area contributed by atoms with Crippen LogP contribution < -0.4 is 5.73 Å². The van der Waals surface area contributed by atoms with E-state index in [1.807, 2.05) is 0 Å². The lowest BCUT2D eigenvalue weighted by Crippen LogP contribution is -2.57. The Morgan fingerprint density at radius 3 is 2.74 bits per heavy atom. The smallest absolute Gasteiger partial charge is 0.0703 e. The molecule has 4 nitrogen and oxygen atoms in total. The van der Waals surface area contributed by atoms with Crippen molar-refractivity contribution in [1.29, 1.82) is 0 Å². The number of nitrogens with two attached hydrogens (primary N) is 1. The lowest BCUT2D eigenvalue weighted by Gasteiger charge is -2.45. The molecular formula is C15H31N3O. The first-order valence-corrected chi connectivity index (χ1v) is 7.90. The molecule has 0 spiro atoms. The monoisotopic (exact) mass is 269 g/mol. The van der Waals surface area contributed by atoms with Gasteiger partial charge in [0.25, 0.3) is 0 Å². The third-order valence-corrected chi connectivity index (χ3v) is 5.42. The summed E-state index contributed by atoms with van der Waals surface area (Å²) < 4.78 is 5.75. The molecule has 3 unspecified atom stereocenters. The van der Waals surface area contributed by atoms with Crippen LogP contribution >= 0.6 is 0 Å². The van der Waals surface area contributed by atoms with Crippen LogP contribution in [0.2, 0.25) is 0 Å². The Morgan fingerprint density at radius 2 is 2.16 bits per heavy atom. The summed E-state index contributed by atoms with van der Waals surface area (Å²) in [5.74, 6) is 0. The van der Waals surface area contributed by atoms with Gasteiger partial charge in [0, 0.05) is 24.7 Å². The van der Waals surface area contributed by atoms with Gasteiger partial charge in [0.2, 0.25) is 0 Å². The summed E-state index contributed by atoms with van der Waals surface area (Å²) in [5.41, 5.74) is 6.38. The molecule has 2 heterocycles. The van der Waals surface area contributed by atoms with Crippen LogP contribution in [-0.2, 0) is 4.74 Å². The van der Waals surface area contributed by atoms with E-state index in [1.165, 1.54) is 32.4 Å². The van der Waals surface area contributed by atoms with Gasteiger partial charge in [0.05, 0.1) is 6.10 Å². The summed E-state index contributed by atoms with van der Waals surface area (Å²) in [6.45, 7) is 9.69. The number of ether oxygens (including phenoxy) is 1. The maximum absolute atomic E-state index is 6.21. The molecule has 2 saturated heterocycles. The topological polar surface area (TPSA) is 41.7 Å². The Morgan fingerprint density at radius 1 is 1.37 bits per heavy atom. The highest BCUT2D eigenvalue weighted by molar-refractivity contribution is 4.98. The van der Waals surface area contributed by atoms with Crippen LogP contribution in [0.25, 0.3) is 0 Å². The van der Waals surface area contributed by atoms with E-state index in [1.54, 1.807) is 0 Å². The first kappa shape index (κ1) is 15.2. The molecule has 3 atom stereocenters. The van der Waals surface area contributed by atoms with Gasteiger partial charge < -0.3 is 15.4 Å². The summed E-state index contributed by atoms with van der Waals surface area (Å²) in [6.07, 6.45) is 5.17. The normalized spacial score (nSPS) is 37.7. The van der Waals surface area contributed by atoms with Crippen molar-refractivity contribution in [3.63, 3.8) is 0 Å². The van der Waals surface area contributed by atoms with Gasteiger partial charge in [-0.05, 0) is 59.3 Å². The molecule has 0 aromatic carbocycles. The predicted molar refractivity (Wildman–Crippen MR) is 79.3 cm³/mol. The molecule has 0 aliphatic carbocycles. The Kier molecular flexibility index (Phi) is 5.23. The van der Waals surface area contributed by atoms with Gasteiger partial charge in [-0.2, -0.15) is 0 Å². The molecule has 4 heteroatoms. The molecule has 2 aliphatic heterocycles. The molecule has 0 amide bonds. The molecule has 2 fully saturated rings. The van der Waals surface area contributed by atoms with E-state index in [2.05, 4.69) is 30.7 Å². The molecular weight excluding hydrogens is 238 g/mol. The Bertz CT molecular complexity index is 287. The van der Waals surface area contributed by atoms with Crippen LogP contribution in [0, 0.1) is 0 Å². The highest BCUT2D eigenvalue weighted by Gasteiger charge is 2.41. The van der Waals surface area contributed by atoms with Crippen molar-refractivity contribution in [2.75, 3.05) is 39.8 Å². The Labute approximate surface area is 118 Å². The maximum Gasteiger partial charge on any atom is 0.0703 e. The molecule has 2 N–H and O–H groups in total. The first-order chi connectivity index (χ1) is 9.13. The maximum atomic E-state index is 6.21. The second-order valence-electron chi connectivity index (χ2n) is 6.26. The molecule has 19 heavy (non-hydrogen) atoms. The molecule has 2 rings (SSSR count). The van der Waals surface area contributed by atoms with Crippen molar-refractivity contribution in [3.05, 3.63) is 0 Å². The predicted octanol–water partition coefficient (Wildman–Crippen LogP) is 1.30. The van der Waals surface area contributed by atoms with E-state index in [0.29, 0.717) is 12.1 Å². The van der Waals surface area contributed by atoms with Gasteiger partial charge in [-0.15, -0.1) is 0 Å². The van der Waals surface area contributed by atoms with Crippen molar-refractivity contribution in [1.82, 2.24) is 9.80 Å². The largest absolute Gasteiger partial charge is 0.377 e. The van der Waals surface area contributed by atoms with Gasteiger partial charge in [0.1, 0.15) is 0 Å². The second kappa shape index (κ2) is 6.53. The first-order valence-electron chi connectivity index (χ1n) is 7.90. The van der Waals surface area contributed by atoms with E-state index < -0.39 is 0 Å². The van der Waals surface area contributed by atoms with Crippen LogP contribution in [0.3, 0.4) is 0 Å². The number of rotatable bonds is 4. The van der Waals surface area contributed by atoms with Crippen molar-refractivity contribution in [3.8, 4) is 0 Å². The van der Waals surface area contributed by atoms with Crippen LogP contribution in [0.15, 0.2) is 0 Å². The number of hydrogen-bond donors (Lipinski definition) is 1. The van der Waals surface area contributed by atoms with Gasteiger partial charge in [-0.1, -0.05) is 6.92 Å². The van der Waals surface area contributed by atoms with E-state index in [4.69, 9.17) is 10.5 Å². The number of likely N-dealkylation sites (tertiary alicyclic amines) is 1. The van der Waals surface area contributed by atoms with Gasteiger partial charge in [-0.25, -0.2) is 0 Å². The van der Waals surface area contributed by atoms with Gasteiger partial charge in [0.15, 0.2) is 0 Å². The fourth-order valence-corrected chi connectivity index (χ4v) is 3.83. The number of nitrogens with zero attached hydrogens (tertiary/aromatic N) is 2. The molecule has 0 saturated carbocycles. The highest BCUT2D eigenvalue weighted by Crippen LogP contribution is 2.32. The lowest BCUT2D eigenvalue weighted by atomic mass is 9.86. The summed E-state index contributed by atoms with van der Waals surface area (Å²) >= 11 is 0. The van der Waals surface area contributed by atoms with Crippen LogP contribution in [0.4, 0.5) is 0 Å². The minimum atomic E-state index is 0.177. The van der Waals surface area contributed by atoms with Crippen molar-refractivity contribution < 1.29 is 4.74 Å². The average Bonchev–Trinajstić information content (AvgIpc) is 2.74. The fraction of sp³-hybridized carbons (Fsp3) is 1.00. The Hall–Kier alpha value is -0.160. The molecule has 0 radical (unpaired) electrons. The zero-order valence-electron chi connectivity index (χ0n) is 12.9. The summed E-state index contributed by atoms with van der Waals surface area (Å²) in [6, 6.07) is 0.539. The molecule has 112 valence electrons. The lowest BCUT2D eigenvalue weighted by molar-refractivity contribution is 0.0206. The average molecular weight is 269 g/mol. The summed E-state index contributed by atoms with van der Waals surface area (Å²) in [4.78, 5) is 5.11. The summed E-state index contributed by atoms with van der Waals surface area (Å²) in [5, 5.41) is 0. The molecule has 0 bridgehead atoms. The zero-order chi connectivity index (χ0) is 13.9. The molecule has 0 aromatic rings. The van der Waals surface area contributed by atoms with Crippen molar-refractivity contribution >= 4 is 0 Å². The highest BCUT2D eigenvalue weighted by atomic mass is 16.5. The van der Waals surface area contributed by atoms with E-state index in [0.717, 1.165) is 26.1 Å². The number of likely N-dealkylation sites (N-methyl/N-ethyl adjacent to an activating group) is 1. The minimum absolute atomic E-state index is 0.177. The van der Waals surface area contributed by atoms with E-state index in [9.17, 15) is 0 Å². The van der Waals surface area contributed by atoms with E-state index >= 15 is 0 Å². The third kappa shape index (κ3) is 3.13. The van der Waals surface area contributed by atoms with Gasteiger partial charge in [-0.3, -0.25) is 4.90 Å². The molecule has 0 aromatic heterocycles. The molecule has 2 aliphatic rings. The second-order valence-corrected chi connectivity index (χ2v) is 6.26. The van der Waals surface area contributed by atoms with Crippen LogP contribution in [0.1, 0.15) is 39.5 Å². The SMILES string of the molecule is CCN1CCCC(CN)(N(C)C2CCOC2C)CC1.